The molecule has 3 N–H and O–H groups in total. The minimum atomic E-state index is -0.644. The molecule has 0 aliphatic carbocycles. The molecule has 1 aromatic carbocycles. The molecule has 140 valence electrons. The Morgan fingerprint density at radius 1 is 1.15 bits per heavy atom. The Hall–Kier alpha value is -2.81. The van der Waals surface area contributed by atoms with E-state index in [4.69, 9.17) is 9.47 Å². The Morgan fingerprint density at radius 3 is 2.54 bits per heavy atom. The topological polar surface area (TPSA) is 101 Å². The molecule has 1 fully saturated rings. The molecule has 0 aromatic heterocycles. The fraction of sp³-hybridized carbons (Fsp3) is 0.471. The van der Waals surface area contributed by atoms with Crippen LogP contribution < -0.4 is 25.2 Å². The summed E-state index contributed by atoms with van der Waals surface area (Å²) in [6, 6.07) is 7.28. The van der Waals surface area contributed by atoms with Crippen molar-refractivity contribution in [2.75, 3.05) is 39.3 Å². The minimum absolute atomic E-state index is 0.0961. The number of hydrogen-bond donors (Lipinski definition) is 3. The molecule has 0 saturated carbocycles. The number of carbonyl (C=O) groups excluding carboxylic acids is 3. The number of piperazine rings is 1. The summed E-state index contributed by atoms with van der Waals surface area (Å²) in [5.41, 5.74) is 4.61. The lowest BCUT2D eigenvalue weighted by atomic mass is 10.2. The summed E-state index contributed by atoms with van der Waals surface area (Å²) in [5, 5.41) is 0. The first-order valence-corrected chi connectivity index (χ1v) is 8.59. The maximum Gasteiger partial charge on any atom is 0.293 e. The molecule has 9 heteroatoms. The van der Waals surface area contributed by atoms with Gasteiger partial charge in [-0.2, -0.15) is 0 Å². The third-order valence-electron chi connectivity index (χ3n) is 4.35. The highest BCUT2D eigenvalue weighted by Crippen LogP contribution is 2.31. The Kier molecular flexibility index (Phi) is 5.57. The zero-order valence-corrected chi connectivity index (χ0v) is 14.6. The molecule has 3 amide bonds. The number of hydrazine groups is 1. The van der Waals surface area contributed by atoms with Gasteiger partial charge in [0.2, 0.25) is 12.0 Å². The second kappa shape index (κ2) is 8.05. The van der Waals surface area contributed by atoms with Gasteiger partial charge >= 0.3 is 0 Å². The fourth-order valence-corrected chi connectivity index (χ4v) is 2.99. The van der Waals surface area contributed by atoms with Crippen molar-refractivity contribution < 1.29 is 28.8 Å². The molecule has 0 spiro atoms. The highest BCUT2D eigenvalue weighted by Gasteiger charge is 2.34. The van der Waals surface area contributed by atoms with Gasteiger partial charge in [0.1, 0.15) is 6.61 Å². The van der Waals surface area contributed by atoms with Gasteiger partial charge in [-0.3, -0.25) is 25.2 Å². The van der Waals surface area contributed by atoms with Crippen molar-refractivity contribution in [3.05, 3.63) is 24.3 Å². The van der Waals surface area contributed by atoms with E-state index in [1.54, 1.807) is 11.0 Å². The van der Waals surface area contributed by atoms with E-state index in [1.165, 1.54) is 6.92 Å². The second-order valence-electron chi connectivity index (χ2n) is 6.35. The molecule has 0 bridgehead atoms. The standard InChI is InChI=1S/C17H22N4O5/c1-12(22)18-19-16(23)10-20-6-8-21(9-7-20)17(24)15-11-25-13-4-2-3-5-14(13)26-15/h2-5,15H,6-11H2,1H3,(H,18,22)(H,19,23)/p+1/t15-/m0/s1. The Morgan fingerprint density at radius 2 is 1.85 bits per heavy atom. The van der Waals surface area contributed by atoms with Gasteiger partial charge in [-0.15, -0.1) is 0 Å². The van der Waals surface area contributed by atoms with E-state index in [2.05, 4.69) is 10.9 Å². The molecular formula is C17H23N4O5+. The van der Waals surface area contributed by atoms with Crippen LogP contribution in [-0.2, 0) is 14.4 Å². The van der Waals surface area contributed by atoms with Crippen LogP contribution in [0, 0.1) is 0 Å². The molecule has 1 saturated heterocycles. The van der Waals surface area contributed by atoms with Gasteiger partial charge in [-0.25, -0.2) is 0 Å². The van der Waals surface area contributed by atoms with Crippen molar-refractivity contribution in [3.63, 3.8) is 0 Å². The minimum Gasteiger partial charge on any atom is -0.485 e. The third-order valence-corrected chi connectivity index (χ3v) is 4.35. The first-order chi connectivity index (χ1) is 12.5. The molecule has 3 rings (SSSR count). The van der Waals surface area contributed by atoms with E-state index in [9.17, 15) is 14.4 Å². The molecule has 2 aliphatic rings. The molecule has 0 radical (unpaired) electrons. The summed E-state index contributed by atoms with van der Waals surface area (Å²) in [4.78, 5) is 38.0. The lowest BCUT2D eigenvalue weighted by molar-refractivity contribution is -0.896. The van der Waals surface area contributed by atoms with Gasteiger partial charge in [-0.05, 0) is 12.1 Å². The van der Waals surface area contributed by atoms with Gasteiger partial charge in [-0.1, -0.05) is 12.1 Å². The van der Waals surface area contributed by atoms with Gasteiger partial charge < -0.3 is 19.3 Å². The lowest BCUT2D eigenvalue weighted by Crippen LogP contribution is -3.16. The maximum atomic E-state index is 12.7. The van der Waals surface area contributed by atoms with Crippen molar-refractivity contribution in [1.29, 1.82) is 0 Å². The molecular weight excluding hydrogens is 340 g/mol. The smallest absolute Gasteiger partial charge is 0.293 e. The van der Waals surface area contributed by atoms with Gasteiger partial charge in [0, 0.05) is 6.92 Å². The second-order valence-corrected chi connectivity index (χ2v) is 6.35. The summed E-state index contributed by atoms with van der Waals surface area (Å²) < 4.78 is 11.4. The number of fused-ring (bicyclic) bond motifs is 1. The first kappa shape index (κ1) is 18.0. The van der Waals surface area contributed by atoms with Crippen LogP contribution >= 0.6 is 0 Å². The summed E-state index contributed by atoms with van der Waals surface area (Å²) >= 11 is 0. The van der Waals surface area contributed by atoms with Crippen molar-refractivity contribution in [2.24, 2.45) is 0 Å². The van der Waals surface area contributed by atoms with Crippen molar-refractivity contribution in [3.8, 4) is 11.5 Å². The molecule has 9 nitrogen and oxygen atoms in total. The summed E-state index contributed by atoms with van der Waals surface area (Å²) in [6.07, 6.45) is -0.644. The molecule has 1 atom stereocenters. The normalized spacial score (nSPS) is 19.6. The lowest BCUT2D eigenvalue weighted by Gasteiger charge is -2.35. The van der Waals surface area contributed by atoms with E-state index in [-0.39, 0.29) is 30.9 Å². The van der Waals surface area contributed by atoms with Crippen LogP contribution in [0.15, 0.2) is 24.3 Å². The SMILES string of the molecule is CC(=O)NNC(=O)C[NH+]1CCN(C(=O)[C@@H]2COc3ccccc3O2)CC1. The largest absolute Gasteiger partial charge is 0.485 e. The Bertz CT molecular complexity index is 687. The average Bonchev–Trinajstić information content (AvgIpc) is 2.66. The van der Waals surface area contributed by atoms with Crippen molar-refractivity contribution in [1.82, 2.24) is 15.8 Å². The van der Waals surface area contributed by atoms with Crippen LogP contribution in [-0.4, -0.2) is 68.1 Å². The number of amides is 3. The van der Waals surface area contributed by atoms with Gasteiger partial charge in [0.05, 0.1) is 26.2 Å². The zero-order valence-electron chi connectivity index (χ0n) is 14.6. The summed E-state index contributed by atoms with van der Waals surface area (Å²) in [7, 11) is 0. The molecule has 26 heavy (non-hydrogen) atoms. The Balaban J connectivity index is 1.45. The van der Waals surface area contributed by atoms with Crippen LogP contribution in [0.2, 0.25) is 0 Å². The number of ether oxygens (including phenoxy) is 2. The first-order valence-electron chi connectivity index (χ1n) is 8.59. The van der Waals surface area contributed by atoms with E-state index in [0.717, 1.165) is 4.90 Å². The number of carbonyl (C=O) groups is 3. The predicted octanol–water partition coefficient (Wildman–Crippen LogP) is -2.28. The van der Waals surface area contributed by atoms with E-state index >= 15 is 0 Å². The average molecular weight is 363 g/mol. The van der Waals surface area contributed by atoms with Gasteiger partial charge in [0.15, 0.2) is 18.0 Å². The summed E-state index contributed by atoms with van der Waals surface area (Å²) in [6.45, 7) is 4.17. The Labute approximate surface area is 151 Å². The number of hydrogen-bond acceptors (Lipinski definition) is 5. The zero-order chi connectivity index (χ0) is 18.5. The number of nitrogens with zero attached hydrogens (tertiary/aromatic N) is 1. The highest BCUT2D eigenvalue weighted by molar-refractivity contribution is 5.82. The van der Waals surface area contributed by atoms with Crippen LogP contribution in [0.4, 0.5) is 0 Å². The van der Waals surface area contributed by atoms with Crippen LogP contribution in [0.25, 0.3) is 0 Å². The van der Waals surface area contributed by atoms with Gasteiger partial charge in [0.25, 0.3) is 11.8 Å². The highest BCUT2D eigenvalue weighted by atomic mass is 16.6. The van der Waals surface area contributed by atoms with Crippen LogP contribution in [0.5, 0.6) is 11.5 Å². The van der Waals surface area contributed by atoms with Crippen molar-refractivity contribution >= 4 is 17.7 Å². The number of rotatable bonds is 3. The predicted molar refractivity (Wildman–Crippen MR) is 90.5 cm³/mol. The number of nitrogens with one attached hydrogen (secondary N) is 3. The van der Waals surface area contributed by atoms with E-state index < -0.39 is 6.10 Å². The quantitative estimate of drug-likeness (QED) is 0.526. The molecule has 2 aliphatic heterocycles. The molecule has 0 unspecified atom stereocenters. The van der Waals surface area contributed by atoms with E-state index in [0.29, 0.717) is 37.7 Å². The summed E-state index contributed by atoms with van der Waals surface area (Å²) in [5.74, 6) is 0.559. The monoisotopic (exact) mass is 363 g/mol. The van der Waals surface area contributed by atoms with E-state index in [1.807, 2.05) is 18.2 Å². The van der Waals surface area contributed by atoms with Crippen LogP contribution in [0.3, 0.4) is 0 Å². The molecule has 1 aromatic rings. The number of benzene rings is 1. The fourth-order valence-electron chi connectivity index (χ4n) is 2.99. The van der Waals surface area contributed by atoms with Crippen molar-refractivity contribution in [2.45, 2.75) is 13.0 Å². The van der Waals surface area contributed by atoms with Crippen LogP contribution in [0.1, 0.15) is 6.92 Å². The third kappa shape index (κ3) is 4.42. The maximum absolute atomic E-state index is 12.7. The number of quaternary nitrogens is 1. The molecule has 2 heterocycles. The number of para-hydroxylation sites is 2.